The molecule has 0 aromatic heterocycles. The van der Waals surface area contributed by atoms with Crippen molar-refractivity contribution >= 4 is 27.5 Å². The van der Waals surface area contributed by atoms with Crippen LogP contribution in [-0.4, -0.2) is 62.2 Å². The number of para-hydroxylation sites is 1. The summed E-state index contributed by atoms with van der Waals surface area (Å²) in [6.45, 7) is 1.03. The summed E-state index contributed by atoms with van der Waals surface area (Å²) in [5.41, 5.74) is 0.177. The average Bonchev–Trinajstić information content (AvgIpc) is 3.15. The van der Waals surface area contributed by atoms with Crippen LogP contribution in [-0.2, 0) is 19.6 Å². The summed E-state index contributed by atoms with van der Waals surface area (Å²) >= 11 is 0. The molecule has 1 atom stereocenters. The molecule has 2 saturated heterocycles. The molecule has 4 rings (SSSR count). The summed E-state index contributed by atoms with van der Waals surface area (Å²) in [6.07, 6.45) is 0.0235. The zero-order valence-corrected chi connectivity index (χ0v) is 17.1. The van der Waals surface area contributed by atoms with Crippen LogP contribution in [0.2, 0.25) is 0 Å². The van der Waals surface area contributed by atoms with E-state index in [-0.39, 0.29) is 61.5 Å². The lowest BCUT2D eigenvalue weighted by atomic mass is 10.1. The molecule has 0 aliphatic carbocycles. The van der Waals surface area contributed by atoms with Gasteiger partial charge in [0.25, 0.3) is 0 Å². The number of sulfonamides is 1. The number of hydrogen-bond acceptors (Lipinski definition) is 4. The number of carbonyl (C=O) groups is 2. The summed E-state index contributed by atoms with van der Waals surface area (Å²) in [6, 6.07) is 14.2. The molecule has 2 aromatic carbocycles. The second-order valence-corrected chi connectivity index (χ2v) is 9.34. The molecule has 2 amide bonds. The lowest BCUT2D eigenvalue weighted by molar-refractivity contribution is -0.136. The fourth-order valence-corrected chi connectivity index (χ4v) is 5.37. The van der Waals surface area contributed by atoms with Crippen molar-refractivity contribution in [2.45, 2.75) is 11.3 Å². The third-order valence-corrected chi connectivity index (χ3v) is 7.46. The van der Waals surface area contributed by atoms with Crippen LogP contribution >= 0.6 is 0 Å². The lowest BCUT2D eigenvalue weighted by Crippen LogP contribution is -2.52. The fourth-order valence-electron chi connectivity index (χ4n) is 3.93. The van der Waals surface area contributed by atoms with E-state index in [0.717, 1.165) is 0 Å². The Morgan fingerprint density at radius 2 is 1.57 bits per heavy atom. The summed E-state index contributed by atoms with van der Waals surface area (Å²) in [4.78, 5) is 28.4. The number of hydrogen-bond donors (Lipinski definition) is 0. The minimum absolute atomic E-state index is 0.0235. The predicted octanol–water partition coefficient (Wildman–Crippen LogP) is 1.71. The van der Waals surface area contributed by atoms with Crippen LogP contribution in [0.3, 0.4) is 0 Å². The minimum atomic E-state index is -3.60. The van der Waals surface area contributed by atoms with Crippen LogP contribution in [0.15, 0.2) is 59.5 Å². The highest BCUT2D eigenvalue weighted by molar-refractivity contribution is 7.89. The molecule has 9 heteroatoms. The number of anilines is 1. The molecule has 0 N–H and O–H groups in total. The van der Waals surface area contributed by atoms with Crippen molar-refractivity contribution in [3.05, 3.63) is 60.4 Å². The molecule has 2 aliphatic heterocycles. The molecule has 7 nitrogen and oxygen atoms in total. The van der Waals surface area contributed by atoms with E-state index in [1.165, 1.54) is 21.3 Å². The van der Waals surface area contributed by atoms with Crippen molar-refractivity contribution < 1.29 is 22.4 Å². The molecule has 0 bridgehead atoms. The van der Waals surface area contributed by atoms with Gasteiger partial charge in [0, 0.05) is 39.1 Å². The number of carbonyl (C=O) groups excluding carboxylic acids is 2. The smallest absolute Gasteiger partial charge is 0.243 e. The van der Waals surface area contributed by atoms with E-state index in [0.29, 0.717) is 0 Å². The van der Waals surface area contributed by atoms with Gasteiger partial charge in [0.1, 0.15) is 5.82 Å². The summed E-state index contributed by atoms with van der Waals surface area (Å²) in [5, 5.41) is 0. The van der Waals surface area contributed by atoms with Crippen LogP contribution in [0, 0.1) is 11.7 Å². The first-order valence-corrected chi connectivity index (χ1v) is 11.2. The van der Waals surface area contributed by atoms with Gasteiger partial charge >= 0.3 is 0 Å². The molecule has 30 heavy (non-hydrogen) atoms. The molecule has 2 aromatic rings. The highest BCUT2D eigenvalue weighted by Gasteiger charge is 2.39. The first kappa shape index (κ1) is 20.5. The SMILES string of the molecule is O=C([C@H]1CC(=O)N(c2ccccc2F)C1)N1CCN(S(=O)(=O)c2ccccc2)CC1. The van der Waals surface area contributed by atoms with Gasteiger partial charge in [-0.25, -0.2) is 12.8 Å². The number of nitrogens with zero attached hydrogens (tertiary/aromatic N) is 3. The van der Waals surface area contributed by atoms with E-state index in [1.54, 1.807) is 47.4 Å². The monoisotopic (exact) mass is 431 g/mol. The van der Waals surface area contributed by atoms with Gasteiger partial charge in [0.05, 0.1) is 16.5 Å². The van der Waals surface area contributed by atoms with Crippen molar-refractivity contribution in [1.29, 1.82) is 0 Å². The third-order valence-electron chi connectivity index (χ3n) is 5.55. The van der Waals surface area contributed by atoms with E-state index in [2.05, 4.69) is 0 Å². The molecular formula is C21H22FN3O4S. The van der Waals surface area contributed by atoms with Gasteiger partial charge in [0.15, 0.2) is 0 Å². The molecular weight excluding hydrogens is 409 g/mol. The summed E-state index contributed by atoms with van der Waals surface area (Å²) in [5.74, 6) is -1.55. The van der Waals surface area contributed by atoms with Crippen molar-refractivity contribution in [3.8, 4) is 0 Å². The standard InChI is InChI=1S/C21H22FN3O4S/c22-18-8-4-5-9-19(18)25-15-16(14-20(25)26)21(27)23-10-12-24(13-11-23)30(28,29)17-6-2-1-3-7-17/h1-9,16H,10-15H2/t16-/m0/s1. The number of halogens is 1. The quantitative estimate of drug-likeness (QED) is 0.739. The zero-order valence-electron chi connectivity index (χ0n) is 16.3. The first-order valence-electron chi connectivity index (χ1n) is 9.77. The zero-order chi connectivity index (χ0) is 21.3. The van der Waals surface area contributed by atoms with Crippen molar-refractivity contribution in [1.82, 2.24) is 9.21 Å². The Labute approximate surface area is 174 Å². The normalized spacial score (nSPS) is 20.6. The Balaban J connectivity index is 1.39. The second kappa shape index (κ2) is 8.16. The minimum Gasteiger partial charge on any atom is -0.340 e. The predicted molar refractivity (Wildman–Crippen MR) is 109 cm³/mol. The van der Waals surface area contributed by atoms with E-state index >= 15 is 0 Å². The van der Waals surface area contributed by atoms with Crippen LogP contribution in [0.1, 0.15) is 6.42 Å². The van der Waals surface area contributed by atoms with Crippen LogP contribution in [0.5, 0.6) is 0 Å². The Kier molecular flexibility index (Phi) is 5.57. The van der Waals surface area contributed by atoms with Gasteiger partial charge in [-0.2, -0.15) is 4.31 Å². The molecule has 0 spiro atoms. The number of piperazine rings is 1. The van der Waals surface area contributed by atoms with Crippen LogP contribution < -0.4 is 4.90 Å². The van der Waals surface area contributed by atoms with Gasteiger partial charge in [-0.05, 0) is 24.3 Å². The molecule has 0 saturated carbocycles. The maximum atomic E-state index is 14.0. The van der Waals surface area contributed by atoms with Crippen molar-refractivity contribution in [3.63, 3.8) is 0 Å². The van der Waals surface area contributed by atoms with Gasteiger partial charge in [-0.3, -0.25) is 9.59 Å². The lowest BCUT2D eigenvalue weighted by Gasteiger charge is -2.35. The van der Waals surface area contributed by atoms with Gasteiger partial charge in [-0.1, -0.05) is 30.3 Å². The number of rotatable bonds is 4. The van der Waals surface area contributed by atoms with Crippen LogP contribution in [0.25, 0.3) is 0 Å². The third kappa shape index (κ3) is 3.82. The summed E-state index contributed by atoms with van der Waals surface area (Å²) in [7, 11) is -3.60. The largest absolute Gasteiger partial charge is 0.340 e. The van der Waals surface area contributed by atoms with E-state index in [4.69, 9.17) is 0 Å². The maximum Gasteiger partial charge on any atom is 0.243 e. The van der Waals surface area contributed by atoms with Crippen LogP contribution in [0.4, 0.5) is 10.1 Å². The molecule has 158 valence electrons. The van der Waals surface area contributed by atoms with E-state index in [1.807, 2.05) is 0 Å². The van der Waals surface area contributed by atoms with Gasteiger partial charge in [-0.15, -0.1) is 0 Å². The molecule has 0 unspecified atom stereocenters. The first-order chi connectivity index (χ1) is 14.4. The highest BCUT2D eigenvalue weighted by Crippen LogP contribution is 2.28. The maximum absolute atomic E-state index is 14.0. The van der Waals surface area contributed by atoms with Crippen molar-refractivity contribution in [2.75, 3.05) is 37.6 Å². The number of amides is 2. The molecule has 0 radical (unpaired) electrons. The Morgan fingerprint density at radius 1 is 0.933 bits per heavy atom. The van der Waals surface area contributed by atoms with E-state index in [9.17, 15) is 22.4 Å². The van der Waals surface area contributed by atoms with Gasteiger partial charge < -0.3 is 9.80 Å². The molecule has 2 fully saturated rings. The topological polar surface area (TPSA) is 78.0 Å². The molecule has 2 heterocycles. The van der Waals surface area contributed by atoms with Gasteiger partial charge in [0.2, 0.25) is 21.8 Å². The average molecular weight is 431 g/mol. The highest BCUT2D eigenvalue weighted by atomic mass is 32.2. The Hall–Kier alpha value is -2.78. The van der Waals surface area contributed by atoms with E-state index < -0.39 is 21.8 Å². The van der Waals surface area contributed by atoms with Crippen molar-refractivity contribution in [2.24, 2.45) is 5.92 Å². The number of benzene rings is 2. The fraction of sp³-hybridized carbons (Fsp3) is 0.333. The second-order valence-electron chi connectivity index (χ2n) is 7.40. The Morgan fingerprint density at radius 3 is 2.23 bits per heavy atom. The molecule has 2 aliphatic rings. The Bertz CT molecular complexity index is 1050. The summed E-state index contributed by atoms with van der Waals surface area (Å²) < 4.78 is 40.9.